The number of nitrogens with zero attached hydrogens (tertiary/aromatic N) is 3. The molecule has 9 rings (SSSR count). The van der Waals surface area contributed by atoms with E-state index in [1.165, 1.54) is 0 Å². The first-order chi connectivity index (χ1) is 28.6. The van der Waals surface area contributed by atoms with Crippen LogP contribution in [-0.2, 0) is 0 Å². The van der Waals surface area contributed by atoms with Gasteiger partial charge in [0.15, 0.2) is 0 Å². The van der Waals surface area contributed by atoms with Gasteiger partial charge in [-0.3, -0.25) is 0 Å². The number of aryl methyl sites for hydroxylation is 4. The summed E-state index contributed by atoms with van der Waals surface area (Å²) in [6, 6.07) is 27.5. The van der Waals surface area contributed by atoms with Gasteiger partial charge in [0.1, 0.15) is 0 Å². The van der Waals surface area contributed by atoms with Gasteiger partial charge in [-0.1, -0.05) is 107 Å². The fraction of sp³-hybridized carbons (Fsp3) is 0.0870. The molecule has 2 heterocycles. The Morgan fingerprint density at radius 3 is 1.26 bits per heavy atom. The molecular weight excluding hydrogens is 605 g/mol. The third kappa shape index (κ3) is 4.90. The van der Waals surface area contributed by atoms with E-state index in [0.717, 1.165) is 44.6 Å². The van der Waals surface area contributed by atoms with Gasteiger partial charge in [0.05, 0.1) is 19.4 Å². The second-order valence-corrected chi connectivity index (χ2v) is 13.1. The molecule has 7 aromatic carbocycles. The molecule has 4 heteroatoms. The SMILES string of the molecule is [2H]c1c([2H])c([2H])c(N2c3ccc(C)cc3B3c4cc(C)ccc4N(c4c([2H])c([2H])c([2H])c([2H])c4[2H])c4cc(N(c5ccc(C)cc5)c5ccc(C)cc5)cc2c43)c([2H])c1[2H]. The van der Waals surface area contributed by atoms with E-state index in [0.29, 0.717) is 33.9 Å². The minimum Gasteiger partial charge on any atom is -0.311 e. The molecule has 7 aromatic rings. The smallest absolute Gasteiger partial charge is 0.252 e. The van der Waals surface area contributed by atoms with Crippen molar-refractivity contribution in [3.05, 3.63) is 180 Å². The normalized spacial score (nSPS) is 15.5. The standard InChI is InChI=1S/C46H38BN3/c1-31-15-21-37(22-16-31)48(38-23-17-32(2)18-24-38)39-29-44-46-45(30-39)50(36-13-9-6-10-14-36)43-26-20-34(4)28-41(43)47(46)40-27-33(3)19-25-42(40)49(44)35-11-7-5-8-12-35/h5-30H,1-4H3/i5D,6D,7D,8D,9D,10D,11D,12D,13D,14D. The second kappa shape index (κ2) is 11.9. The van der Waals surface area contributed by atoms with Gasteiger partial charge < -0.3 is 14.7 Å². The van der Waals surface area contributed by atoms with Crippen LogP contribution in [0, 0.1) is 27.7 Å². The van der Waals surface area contributed by atoms with E-state index in [9.17, 15) is 5.48 Å². The van der Waals surface area contributed by atoms with Crippen molar-refractivity contribution in [2.45, 2.75) is 27.7 Å². The summed E-state index contributed by atoms with van der Waals surface area (Å²) >= 11 is 0. The van der Waals surface area contributed by atoms with Gasteiger partial charge in [0.2, 0.25) is 0 Å². The van der Waals surface area contributed by atoms with Crippen LogP contribution in [0.3, 0.4) is 0 Å². The molecular formula is C46H38BN3. The highest BCUT2D eigenvalue weighted by atomic mass is 15.2. The van der Waals surface area contributed by atoms with Crippen molar-refractivity contribution < 1.29 is 13.7 Å². The number of fused-ring (bicyclic) bond motifs is 4. The Hall–Kier alpha value is -6.00. The molecule has 3 nitrogen and oxygen atoms in total. The molecule has 0 unspecified atom stereocenters. The van der Waals surface area contributed by atoms with Crippen molar-refractivity contribution in [3.63, 3.8) is 0 Å². The molecule has 240 valence electrons. The first-order valence-electron chi connectivity index (χ1n) is 21.7. The summed E-state index contributed by atoms with van der Waals surface area (Å²) in [4.78, 5) is 5.56. The third-order valence-electron chi connectivity index (χ3n) is 9.62. The van der Waals surface area contributed by atoms with Crippen LogP contribution in [0.15, 0.2) is 157 Å². The molecule has 50 heavy (non-hydrogen) atoms. The van der Waals surface area contributed by atoms with Gasteiger partial charge in [0, 0.05) is 45.5 Å². The number of hydrogen-bond donors (Lipinski definition) is 0. The van der Waals surface area contributed by atoms with Gasteiger partial charge in [-0.25, -0.2) is 0 Å². The largest absolute Gasteiger partial charge is 0.311 e. The van der Waals surface area contributed by atoms with E-state index in [1.807, 2.05) is 113 Å². The van der Waals surface area contributed by atoms with Crippen LogP contribution < -0.4 is 31.1 Å². The summed E-state index contributed by atoms with van der Waals surface area (Å²) < 4.78 is 89.3. The summed E-state index contributed by atoms with van der Waals surface area (Å²) in [5.74, 6) is 0. The number of anilines is 9. The van der Waals surface area contributed by atoms with Crippen molar-refractivity contribution in [3.8, 4) is 0 Å². The molecule has 0 saturated heterocycles. The summed E-state index contributed by atoms with van der Waals surface area (Å²) in [6.45, 7) is 7.52. The summed E-state index contributed by atoms with van der Waals surface area (Å²) in [5, 5.41) is 0. The van der Waals surface area contributed by atoms with E-state index in [1.54, 1.807) is 9.80 Å². The molecule has 2 aliphatic rings. The van der Waals surface area contributed by atoms with E-state index >= 15 is 0 Å². The van der Waals surface area contributed by atoms with Crippen molar-refractivity contribution in [1.29, 1.82) is 0 Å². The summed E-state index contributed by atoms with van der Waals surface area (Å²) in [7, 11) is 0. The molecule has 0 atom stereocenters. The molecule has 0 saturated carbocycles. The first kappa shape index (κ1) is 21.2. The Bertz CT molecular complexity index is 2700. The highest BCUT2D eigenvalue weighted by Gasteiger charge is 2.44. The van der Waals surface area contributed by atoms with Crippen molar-refractivity contribution >= 4 is 74.3 Å². The lowest BCUT2D eigenvalue weighted by Crippen LogP contribution is -2.61. The average Bonchev–Trinajstić information content (AvgIpc) is 3.23. The zero-order chi connectivity index (χ0) is 42.6. The summed E-state index contributed by atoms with van der Waals surface area (Å²) in [6.07, 6.45) is 0. The Morgan fingerprint density at radius 1 is 0.440 bits per heavy atom. The minimum atomic E-state index is -0.509. The van der Waals surface area contributed by atoms with Gasteiger partial charge in [-0.15, -0.1) is 0 Å². The molecule has 0 aliphatic carbocycles. The topological polar surface area (TPSA) is 9.72 Å². The van der Waals surface area contributed by atoms with Crippen LogP contribution in [0.25, 0.3) is 0 Å². The second-order valence-electron chi connectivity index (χ2n) is 13.1. The van der Waals surface area contributed by atoms with E-state index in [-0.39, 0.29) is 35.5 Å². The molecule has 0 aromatic heterocycles. The maximum atomic E-state index is 9.31. The Morgan fingerprint density at radius 2 is 0.840 bits per heavy atom. The maximum absolute atomic E-state index is 9.31. The average molecular weight is 654 g/mol. The van der Waals surface area contributed by atoms with Crippen molar-refractivity contribution in [2.75, 3.05) is 14.7 Å². The van der Waals surface area contributed by atoms with Crippen molar-refractivity contribution in [1.82, 2.24) is 0 Å². The van der Waals surface area contributed by atoms with Crippen LogP contribution in [0.4, 0.5) is 51.2 Å². The van der Waals surface area contributed by atoms with E-state index in [4.69, 9.17) is 8.22 Å². The molecule has 0 bridgehead atoms. The molecule has 0 spiro atoms. The van der Waals surface area contributed by atoms with Crippen molar-refractivity contribution in [2.24, 2.45) is 0 Å². The fourth-order valence-electron chi connectivity index (χ4n) is 7.39. The molecule has 0 amide bonds. The van der Waals surface area contributed by atoms with Crippen LogP contribution in [-0.4, -0.2) is 6.71 Å². The number of benzene rings is 7. The van der Waals surface area contributed by atoms with Gasteiger partial charge in [0.25, 0.3) is 6.71 Å². The molecule has 0 N–H and O–H groups in total. The zero-order valence-electron chi connectivity index (χ0n) is 38.2. The Labute approximate surface area is 309 Å². The first-order valence-corrected chi connectivity index (χ1v) is 16.7. The molecule has 0 radical (unpaired) electrons. The maximum Gasteiger partial charge on any atom is 0.252 e. The Balaban J connectivity index is 1.49. The predicted octanol–water partition coefficient (Wildman–Crippen LogP) is 10.5. The van der Waals surface area contributed by atoms with Crippen LogP contribution >= 0.6 is 0 Å². The lowest BCUT2D eigenvalue weighted by molar-refractivity contribution is 1.22. The quantitative estimate of drug-likeness (QED) is 0.171. The van der Waals surface area contributed by atoms with Gasteiger partial charge in [-0.05, 0) is 117 Å². The highest BCUT2D eigenvalue weighted by Crippen LogP contribution is 2.48. The molecule has 2 aliphatic heterocycles. The number of para-hydroxylation sites is 2. The van der Waals surface area contributed by atoms with Crippen LogP contribution in [0.5, 0.6) is 0 Å². The Kier molecular flexibility index (Phi) is 5.02. The number of hydrogen-bond acceptors (Lipinski definition) is 3. The lowest BCUT2D eigenvalue weighted by atomic mass is 9.33. The monoisotopic (exact) mass is 653 g/mol. The van der Waals surface area contributed by atoms with Crippen LogP contribution in [0.1, 0.15) is 36.0 Å². The van der Waals surface area contributed by atoms with E-state index < -0.39 is 43.0 Å². The van der Waals surface area contributed by atoms with Gasteiger partial charge in [-0.2, -0.15) is 0 Å². The minimum absolute atomic E-state index is 0.0366. The van der Waals surface area contributed by atoms with E-state index in [2.05, 4.69) is 17.0 Å². The third-order valence-corrected chi connectivity index (χ3v) is 9.62. The predicted molar refractivity (Wildman–Crippen MR) is 214 cm³/mol. The zero-order valence-corrected chi connectivity index (χ0v) is 28.2. The van der Waals surface area contributed by atoms with Gasteiger partial charge >= 0.3 is 0 Å². The number of rotatable bonds is 5. The highest BCUT2D eigenvalue weighted by molar-refractivity contribution is 7.00. The lowest BCUT2D eigenvalue weighted by Gasteiger charge is -2.45. The molecule has 0 fully saturated rings. The van der Waals surface area contributed by atoms with Crippen LogP contribution in [0.2, 0.25) is 0 Å². The summed E-state index contributed by atoms with van der Waals surface area (Å²) in [5.41, 5.74) is 10.8. The fourth-order valence-corrected chi connectivity index (χ4v) is 7.39.